The molecule has 7 heteroatoms. The van der Waals surface area contributed by atoms with Gasteiger partial charge >= 0.3 is 0 Å². The molecule has 2 aromatic rings. The number of hydrogen-bond donors (Lipinski definition) is 2. The Morgan fingerprint density at radius 3 is 2.95 bits per heavy atom. The molecule has 1 heterocycles. The van der Waals surface area contributed by atoms with Crippen LogP contribution in [0.15, 0.2) is 41.6 Å². The van der Waals surface area contributed by atoms with Crippen LogP contribution >= 0.6 is 11.8 Å². The number of aromatic nitrogens is 2. The number of amides is 1. The van der Waals surface area contributed by atoms with Crippen molar-refractivity contribution in [2.24, 2.45) is 0 Å². The van der Waals surface area contributed by atoms with E-state index >= 15 is 0 Å². The first-order chi connectivity index (χ1) is 10.2. The van der Waals surface area contributed by atoms with E-state index in [-0.39, 0.29) is 12.3 Å². The molecule has 0 atom stereocenters. The SMILES string of the molecule is CSc1ccnc(Nc2cccc(NC(=O)CC#N)c2)n1. The first kappa shape index (κ1) is 14.8. The first-order valence-corrected chi connectivity index (χ1v) is 7.34. The normalized spacial score (nSPS) is 9.71. The highest BCUT2D eigenvalue weighted by atomic mass is 32.2. The largest absolute Gasteiger partial charge is 0.325 e. The number of rotatable bonds is 5. The molecule has 0 aliphatic carbocycles. The zero-order valence-electron chi connectivity index (χ0n) is 11.3. The van der Waals surface area contributed by atoms with Gasteiger partial charge in [-0.2, -0.15) is 5.26 Å². The predicted octanol–water partition coefficient (Wildman–Crippen LogP) is 2.79. The molecule has 2 N–H and O–H groups in total. The number of carbonyl (C=O) groups excluding carboxylic acids is 1. The molecule has 0 bridgehead atoms. The third-order valence-corrected chi connectivity index (χ3v) is 3.13. The topological polar surface area (TPSA) is 90.7 Å². The first-order valence-electron chi connectivity index (χ1n) is 6.12. The van der Waals surface area contributed by atoms with Crippen LogP contribution in [0, 0.1) is 11.3 Å². The molecule has 6 nitrogen and oxygen atoms in total. The maximum atomic E-state index is 11.4. The minimum Gasteiger partial charge on any atom is -0.325 e. The van der Waals surface area contributed by atoms with Gasteiger partial charge in [-0.25, -0.2) is 9.97 Å². The second-order valence-corrected chi connectivity index (χ2v) is 4.84. The average molecular weight is 299 g/mol. The van der Waals surface area contributed by atoms with Gasteiger partial charge in [-0.3, -0.25) is 4.79 Å². The van der Waals surface area contributed by atoms with E-state index in [0.717, 1.165) is 10.7 Å². The second-order valence-electron chi connectivity index (χ2n) is 4.01. The van der Waals surface area contributed by atoms with Crippen molar-refractivity contribution in [1.29, 1.82) is 5.26 Å². The van der Waals surface area contributed by atoms with E-state index < -0.39 is 0 Å². The summed E-state index contributed by atoms with van der Waals surface area (Å²) in [4.78, 5) is 19.8. The smallest absolute Gasteiger partial charge is 0.238 e. The molecule has 1 amide bonds. The number of hydrogen-bond acceptors (Lipinski definition) is 6. The molecule has 1 aromatic heterocycles. The lowest BCUT2D eigenvalue weighted by atomic mass is 10.2. The number of nitrogens with zero attached hydrogens (tertiary/aromatic N) is 3. The summed E-state index contributed by atoms with van der Waals surface area (Å²) in [6.45, 7) is 0. The number of anilines is 3. The minimum absolute atomic E-state index is 0.170. The summed E-state index contributed by atoms with van der Waals surface area (Å²) >= 11 is 1.53. The average Bonchev–Trinajstić information content (AvgIpc) is 2.48. The van der Waals surface area contributed by atoms with E-state index in [0.29, 0.717) is 11.6 Å². The van der Waals surface area contributed by atoms with Crippen LogP contribution in [0.25, 0.3) is 0 Å². The zero-order chi connectivity index (χ0) is 15.1. The van der Waals surface area contributed by atoms with Gasteiger partial charge in [0.2, 0.25) is 11.9 Å². The molecule has 0 aliphatic heterocycles. The van der Waals surface area contributed by atoms with Crippen LogP contribution in [-0.2, 0) is 4.79 Å². The monoisotopic (exact) mass is 299 g/mol. The molecule has 106 valence electrons. The van der Waals surface area contributed by atoms with Gasteiger partial charge in [-0.15, -0.1) is 11.8 Å². The standard InChI is InChI=1S/C14H13N5OS/c1-21-13-6-8-16-14(19-13)18-11-4-2-3-10(9-11)17-12(20)5-7-15/h2-4,6,8-9H,5H2,1H3,(H,17,20)(H,16,18,19). The predicted molar refractivity (Wildman–Crippen MR) is 82.4 cm³/mol. The molecule has 0 radical (unpaired) electrons. The Morgan fingerprint density at radius 1 is 1.38 bits per heavy atom. The molecular weight excluding hydrogens is 286 g/mol. The Hall–Kier alpha value is -2.59. The van der Waals surface area contributed by atoms with E-state index in [9.17, 15) is 4.79 Å². The highest BCUT2D eigenvalue weighted by Gasteiger charge is 2.03. The minimum atomic E-state index is -0.338. The van der Waals surface area contributed by atoms with E-state index in [1.54, 1.807) is 30.5 Å². The number of nitrogens with one attached hydrogen (secondary N) is 2. The van der Waals surface area contributed by atoms with Crippen LogP contribution in [0.2, 0.25) is 0 Å². The fourth-order valence-electron chi connectivity index (χ4n) is 1.60. The molecule has 0 saturated carbocycles. The number of carbonyl (C=O) groups is 1. The van der Waals surface area contributed by atoms with E-state index in [2.05, 4.69) is 20.6 Å². The molecule has 2 rings (SSSR count). The van der Waals surface area contributed by atoms with Crippen LogP contribution in [-0.4, -0.2) is 22.1 Å². The van der Waals surface area contributed by atoms with Crippen LogP contribution in [0.1, 0.15) is 6.42 Å². The van der Waals surface area contributed by atoms with Crippen molar-refractivity contribution >= 4 is 35.0 Å². The van der Waals surface area contributed by atoms with E-state index in [4.69, 9.17) is 5.26 Å². The summed E-state index contributed by atoms with van der Waals surface area (Å²) in [5.41, 5.74) is 1.37. The second kappa shape index (κ2) is 7.26. The lowest BCUT2D eigenvalue weighted by Crippen LogP contribution is -2.10. The quantitative estimate of drug-likeness (QED) is 0.651. The van der Waals surface area contributed by atoms with Gasteiger partial charge in [-0.1, -0.05) is 6.07 Å². The van der Waals surface area contributed by atoms with Crippen molar-refractivity contribution in [1.82, 2.24) is 9.97 Å². The molecule has 0 saturated heterocycles. The van der Waals surface area contributed by atoms with Gasteiger partial charge in [0.1, 0.15) is 11.4 Å². The fourth-order valence-corrected chi connectivity index (χ4v) is 1.97. The lowest BCUT2D eigenvalue weighted by Gasteiger charge is -2.08. The highest BCUT2D eigenvalue weighted by molar-refractivity contribution is 7.98. The van der Waals surface area contributed by atoms with Gasteiger partial charge in [0.25, 0.3) is 0 Å². The number of nitriles is 1. The highest BCUT2D eigenvalue weighted by Crippen LogP contribution is 2.19. The zero-order valence-corrected chi connectivity index (χ0v) is 12.1. The lowest BCUT2D eigenvalue weighted by molar-refractivity contribution is -0.115. The molecule has 21 heavy (non-hydrogen) atoms. The fraction of sp³-hybridized carbons (Fsp3) is 0.143. The van der Waals surface area contributed by atoms with Crippen LogP contribution in [0.4, 0.5) is 17.3 Å². The summed E-state index contributed by atoms with van der Waals surface area (Å²) in [5, 5.41) is 15.1. The Balaban J connectivity index is 2.10. The van der Waals surface area contributed by atoms with Gasteiger partial charge < -0.3 is 10.6 Å². The summed E-state index contributed by atoms with van der Waals surface area (Å²) in [6, 6.07) is 10.8. The van der Waals surface area contributed by atoms with Crippen molar-refractivity contribution in [3.8, 4) is 6.07 Å². The number of benzene rings is 1. The Kier molecular flexibility index (Phi) is 5.12. The van der Waals surface area contributed by atoms with E-state index in [1.165, 1.54) is 11.8 Å². The van der Waals surface area contributed by atoms with Crippen molar-refractivity contribution in [2.75, 3.05) is 16.9 Å². The molecule has 0 aliphatic rings. The summed E-state index contributed by atoms with van der Waals surface area (Å²) in [5.74, 6) is 0.151. The van der Waals surface area contributed by atoms with Gasteiger partial charge in [-0.05, 0) is 30.5 Å². The number of thioether (sulfide) groups is 1. The van der Waals surface area contributed by atoms with Gasteiger partial charge in [0, 0.05) is 17.6 Å². The van der Waals surface area contributed by atoms with Crippen molar-refractivity contribution < 1.29 is 4.79 Å². The molecule has 1 aromatic carbocycles. The van der Waals surface area contributed by atoms with Crippen molar-refractivity contribution in [2.45, 2.75) is 11.4 Å². The summed E-state index contributed by atoms with van der Waals surface area (Å²) < 4.78 is 0. The van der Waals surface area contributed by atoms with Crippen LogP contribution in [0.5, 0.6) is 0 Å². The van der Waals surface area contributed by atoms with E-state index in [1.807, 2.05) is 18.4 Å². The van der Waals surface area contributed by atoms with Crippen molar-refractivity contribution in [3.63, 3.8) is 0 Å². The van der Waals surface area contributed by atoms with Crippen LogP contribution in [0.3, 0.4) is 0 Å². The van der Waals surface area contributed by atoms with Crippen LogP contribution < -0.4 is 10.6 Å². The van der Waals surface area contributed by atoms with Gasteiger partial charge in [0.05, 0.1) is 6.07 Å². The Bertz CT molecular complexity index is 683. The maximum Gasteiger partial charge on any atom is 0.238 e. The Labute approximate surface area is 126 Å². The molecule has 0 unspecified atom stereocenters. The summed E-state index contributed by atoms with van der Waals surface area (Å²) in [6.07, 6.45) is 3.45. The summed E-state index contributed by atoms with van der Waals surface area (Å²) in [7, 11) is 0. The molecule has 0 spiro atoms. The van der Waals surface area contributed by atoms with Crippen molar-refractivity contribution in [3.05, 3.63) is 36.5 Å². The Morgan fingerprint density at radius 2 is 2.19 bits per heavy atom. The molecule has 0 fully saturated rings. The molecular formula is C14H13N5OS. The maximum absolute atomic E-state index is 11.4. The third-order valence-electron chi connectivity index (χ3n) is 2.48. The third kappa shape index (κ3) is 4.47. The van der Waals surface area contributed by atoms with Gasteiger partial charge in [0.15, 0.2) is 0 Å².